The molecule has 1 aliphatic heterocycles. The number of likely N-dealkylation sites (tertiary alicyclic amines) is 1. The normalized spacial score (nSPS) is 17.7. The zero-order valence-corrected chi connectivity index (χ0v) is 15.9. The zero-order chi connectivity index (χ0) is 18.7. The van der Waals surface area contributed by atoms with Crippen LogP contribution in [0.5, 0.6) is 11.5 Å². The molecule has 6 heteroatoms. The van der Waals surface area contributed by atoms with Crippen LogP contribution in [0.4, 0.5) is 0 Å². The molecule has 0 spiro atoms. The number of carbonyl (C=O) groups is 2. The van der Waals surface area contributed by atoms with Gasteiger partial charge in [0, 0.05) is 50.1 Å². The van der Waals surface area contributed by atoms with Crippen LogP contribution in [0.15, 0.2) is 18.2 Å². The Morgan fingerprint density at radius 3 is 2.35 bits per heavy atom. The minimum Gasteiger partial charge on any atom is -0.497 e. The molecule has 0 aromatic heterocycles. The number of methoxy groups -OCH3 is 2. The highest BCUT2D eigenvalue weighted by Gasteiger charge is 2.36. The Morgan fingerprint density at radius 1 is 1.08 bits per heavy atom. The average Bonchev–Trinajstić information content (AvgIpc) is 3.52. The molecule has 0 bridgehead atoms. The molecule has 142 valence electrons. The van der Waals surface area contributed by atoms with Gasteiger partial charge in [-0.15, -0.1) is 0 Å². The number of hydrogen-bond donors (Lipinski definition) is 0. The molecule has 1 heterocycles. The van der Waals surface area contributed by atoms with Gasteiger partial charge in [0.2, 0.25) is 11.8 Å². The lowest BCUT2D eigenvalue weighted by molar-refractivity contribution is -0.140. The molecule has 1 aliphatic carbocycles. The van der Waals surface area contributed by atoms with Crippen molar-refractivity contribution in [1.29, 1.82) is 0 Å². The van der Waals surface area contributed by atoms with Crippen LogP contribution in [0.25, 0.3) is 0 Å². The molecule has 0 radical (unpaired) electrons. The first kappa shape index (κ1) is 18.5. The first-order valence-corrected chi connectivity index (χ1v) is 9.28. The summed E-state index contributed by atoms with van der Waals surface area (Å²) < 4.78 is 10.6. The van der Waals surface area contributed by atoms with E-state index in [0.717, 1.165) is 37.0 Å². The molecule has 1 saturated carbocycles. The van der Waals surface area contributed by atoms with Crippen molar-refractivity contribution in [2.24, 2.45) is 11.8 Å². The summed E-state index contributed by atoms with van der Waals surface area (Å²) in [6.45, 7) is 1.89. The number of hydrogen-bond acceptors (Lipinski definition) is 4. The van der Waals surface area contributed by atoms with Gasteiger partial charge in [-0.2, -0.15) is 0 Å². The van der Waals surface area contributed by atoms with E-state index in [4.69, 9.17) is 9.47 Å². The molecule has 0 unspecified atom stereocenters. The highest BCUT2D eigenvalue weighted by atomic mass is 16.5. The molecule has 3 rings (SSSR count). The quantitative estimate of drug-likeness (QED) is 0.781. The minimum absolute atomic E-state index is 0.00695. The van der Waals surface area contributed by atoms with Gasteiger partial charge in [-0.05, 0) is 37.8 Å². The summed E-state index contributed by atoms with van der Waals surface area (Å²) >= 11 is 0. The Hall–Kier alpha value is -2.24. The fourth-order valence-electron chi connectivity index (χ4n) is 3.56. The van der Waals surface area contributed by atoms with Crippen LogP contribution in [-0.2, 0) is 16.1 Å². The second-order valence-corrected chi connectivity index (χ2v) is 7.25. The predicted octanol–water partition coefficient (Wildman–Crippen LogP) is 2.31. The number of amides is 2. The lowest BCUT2D eigenvalue weighted by Crippen LogP contribution is -2.43. The van der Waals surface area contributed by atoms with E-state index in [1.54, 1.807) is 19.1 Å². The Labute approximate surface area is 155 Å². The lowest BCUT2D eigenvalue weighted by atomic mass is 9.95. The molecule has 6 nitrogen and oxygen atoms in total. The third-order valence-electron chi connectivity index (χ3n) is 5.36. The van der Waals surface area contributed by atoms with Crippen molar-refractivity contribution in [3.63, 3.8) is 0 Å². The van der Waals surface area contributed by atoms with E-state index in [2.05, 4.69) is 0 Å². The largest absolute Gasteiger partial charge is 0.497 e. The van der Waals surface area contributed by atoms with Gasteiger partial charge in [0.15, 0.2) is 0 Å². The summed E-state index contributed by atoms with van der Waals surface area (Å²) in [7, 11) is 5.06. The number of piperidine rings is 1. The van der Waals surface area contributed by atoms with E-state index in [0.29, 0.717) is 25.4 Å². The van der Waals surface area contributed by atoms with E-state index in [-0.39, 0.29) is 23.7 Å². The van der Waals surface area contributed by atoms with Crippen molar-refractivity contribution < 1.29 is 19.1 Å². The van der Waals surface area contributed by atoms with Crippen molar-refractivity contribution >= 4 is 11.8 Å². The van der Waals surface area contributed by atoms with Crippen LogP contribution in [-0.4, -0.2) is 56.0 Å². The van der Waals surface area contributed by atoms with Crippen LogP contribution in [0, 0.1) is 11.8 Å². The third kappa shape index (κ3) is 4.11. The summed E-state index contributed by atoms with van der Waals surface area (Å²) in [6.07, 6.45) is 3.57. The SMILES string of the molecule is COc1ccc(CN(C)C(=O)C2CCN(C(=O)C3CC3)CC2)c(OC)c1. The van der Waals surface area contributed by atoms with Crippen LogP contribution < -0.4 is 9.47 Å². The highest BCUT2D eigenvalue weighted by Crippen LogP contribution is 2.33. The van der Waals surface area contributed by atoms with Crippen LogP contribution in [0.3, 0.4) is 0 Å². The number of ether oxygens (including phenoxy) is 2. The topological polar surface area (TPSA) is 59.1 Å². The fourth-order valence-corrected chi connectivity index (χ4v) is 3.56. The Kier molecular flexibility index (Phi) is 5.69. The lowest BCUT2D eigenvalue weighted by Gasteiger charge is -2.33. The van der Waals surface area contributed by atoms with Gasteiger partial charge in [-0.1, -0.05) is 0 Å². The highest BCUT2D eigenvalue weighted by molar-refractivity contribution is 5.82. The van der Waals surface area contributed by atoms with Gasteiger partial charge in [0.25, 0.3) is 0 Å². The van der Waals surface area contributed by atoms with Crippen molar-refractivity contribution in [2.75, 3.05) is 34.4 Å². The molecule has 2 aliphatic rings. The minimum atomic E-state index is -0.00695. The number of rotatable bonds is 6. The smallest absolute Gasteiger partial charge is 0.225 e. The zero-order valence-electron chi connectivity index (χ0n) is 15.9. The van der Waals surface area contributed by atoms with E-state index in [9.17, 15) is 9.59 Å². The van der Waals surface area contributed by atoms with Gasteiger partial charge < -0.3 is 19.3 Å². The molecule has 2 amide bonds. The molecule has 1 aromatic rings. The van der Waals surface area contributed by atoms with E-state index in [1.807, 2.05) is 30.1 Å². The Morgan fingerprint density at radius 2 is 1.77 bits per heavy atom. The fraction of sp³-hybridized carbons (Fsp3) is 0.600. The van der Waals surface area contributed by atoms with Gasteiger partial charge in [-0.3, -0.25) is 9.59 Å². The van der Waals surface area contributed by atoms with E-state index < -0.39 is 0 Å². The number of benzene rings is 1. The molecular formula is C20H28N2O4. The summed E-state index contributed by atoms with van der Waals surface area (Å²) in [5, 5.41) is 0. The third-order valence-corrected chi connectivity index (χ3v) is 5.36. The standard InChI is InChI=1S/C20H28N2O4/c1-21(13-16-6-7-17(25-2)12-18(16)26-3)19(23)15-8-10-22(11-9-15)20(24)14-4-5-14/h6-7,12,14-15H,4-5,8-11,13H2,1-3H3. The summed E-state index contributed by atoms with van der Waals surface area (Å²) in [5.74, 6) is 2.12. The average molecular weight is 360 g/mol. The van der Waals surface area contributed by atoms with Crippen molar-refractivity contribution in [2.45, 2.75) is 32.2 Å². The van der Waals surface area contributed by atoms with E-state index >= 15 is 0 Å². The van der Waals surface area contributed by atoms with Crippen molar-refractivity contribution in [3.05, 3.63) is 23.8 Å². The van der Waals surface area contributed by atoms with Gasteiger partial charge >= 0.3 is 0 Å². The van der Waals surface area contributed by atoms with Gasteiger partial charge in [0.1, 0.15) is 11.5 Å². The predicted molar refractivity (Wildman–Crippen MR) is 98.0 cm³/mol. The monoisotopic (exact) mass is 360 g/mol. The molecule has 1 aromatic carbocycles. The first-order chi connectivity index (χ1) is 12.5. The van der Waals surface area contributed by atoms with Crippen molar-refractivity contribution in [3.8, 4) is 11.5 Å². The molecular weight excluding hydrogens is 332 g/mol. The molecule has 0 atom stereocenters. The molecule has 1 saturated heterocycles. The maximum atomic E-state index is 12.8. The summed E-state index contributed by atoms with van der Waals surface area (Å²) in [4.78, 5) is 28.6. The second-order valence-electron chi connectivity index (χ2n) is 7.25. The van der Waals surface area contributed by atoms with Crippen molar-refractivity contribution in [1.82, 2.24) is 9.80 Å². The summed E-state index contributed by atoms with van der Waals surface area (Å²) in [5.41, 5.74) is 0.950. The van der Waals surface area contributed by atoms with Gasteiger partial charge in [-0.25, -0.2) is 0 Å². The second kappa shape index (κ2) is 7.98. The number of nitrogens with zero attached hydrogens (tertiary/aromatic N) is 2. The maximum absolute atomic E-state index is 12.8. The Balaban J connectivity index is 1.56. The number of carbonyl (C=O) groups excluding carboxylic acids is 2. The Bertz CT molecular complexity index is 664. The molecule has 2 fully saturated rings. The molecule has 26 heavy (non-hydrogen) atoms. The van der Waals surface area contributed by atoms with Crippen LogP contribution in [0.2, 0.25) is 0 Å². The van der Waals surface area contributed by atoms with Gasteiger partial charge in [0.05, 0.1) is 14.2 Å². The van der Waals surface area contributed by atoms with Crippen LogP contribution in [0.1, 0.15) is 31.2 Å². The summed E-state index contributed by atoms with van der Waals surface area (Å²) in [6, 6.07) is 5.63. The maximum Gasteiger partial charge on any atom is 0.225 e. The van der Waals surface area contributed by atoms with E-state index in [1.165, 1.54) is 0 Å². The first-order valence-electron chi connectivity index (χ1n) is 9.28. The van der Waals surface area contributed by atoms with Crippen LogP contribution >= 0.6 is 0 Å². The molecule has 0 N–H and O–H groups in total.